The number of aliphatic hydroxyl groups is 1. The smallest absolute Gasteiger partial charge is 0.261 e. The quantitative estimate of drug-likeness (QED) is 0.230. The maximum Gasteiger partial charge on any atom is 0.261 e. The lowest BCUT2D eigenvalue weighted by Crippen LogP contribution is -2.49. The minimum absolute atomic E-state index is 0.0428. The molecule has 5 rings (SSSR count). The number of fused-ring (bicyclic) bond motifs is 1. The van der Waals surface area contributed by atoms with Gasteiger partial charge in [0.25, 0.3) is 15.9 Å². The third-order valence-electron chi connectivity index (χ3n) is 8.25. The molecule has 0 spiro atoms. The van der Waals surface area contributed by atoms with Gasteiger partial charge >= 0.3 is 0 Å². The molecule has 0 aliphatic carbocycles. The highest BCUT2D eigenvalue weighted by atomic mass is 32.2. The molecular formula is C36H41N3O5S. The predicted octanol–water partition coefficient (Wildman–Crippen LogP) is 5.81. The van der Waals surface area contributed by atoms with Gasteiger partial charge in [0.05, 0.1) is 23.1 Å². The average Bonchev–Trinajstić information content (AvgIpc) is 3.03. The van der Waals surface area contributed by atoms with Crippen molar-refractivity contribution in [2.24, 2.45) is 5.92 Å². The van der Waals surface area contributed by atoms with E-state index < -0.39 is 16.1 Å². The number of aliphatic hydroxyl groups excluding tert-OH is 1. The molecule has 3 atom stereocenters. The van der Waals surface area contributed by atoms with E-state index in [0.717, 1.165) is 5.56 Å². The highest BCUT2D eigenvalue weighted by Crippen LogP contribution is 2.32. The van der Waals surface area contributed by atoms with Crippen LogP contribution in [0.2, 0.25) is 0 Å². The summed E-state index contributed by atoms with van der Waals surface area (Å²) in [5.41, 5.74) is 4.96. The van der Waals surface area contributed by atoms with Gasteiger partial charge in [-0.1, -0.05) is 79.2 Å². The number of likely N-dealkylation sites (N-methyl/N-ethyl adjacent to an activating group) is 1. The minimum atomic E-state index is -3.87. The van der Waals surface area contributed by atoms with Crippen LogP contribution in [0.3, 0.4) is 0 Å². The van der Waals surface area contributed by atoms with Crippen molar-refractivity contribution in [2.75, 3.05) is 31.5 Å². The lowest BCUT2D eigenvalue weighted by Gasteiger charge is -2.38. The molecule has 4 aromatic carbocycles. The molecule has 0 radical (unpaired) electrons. The Labute approximate surface area is 266 Å². The summed E-state index contributed by atoms with van der Waals surface area (Å²) in [6.45, 7) is 7.23. The Morgan fingerprint density at radius 2 is 1.64 bits per heavy atom. The fourth-order valence-electron chi connectivity index (χ4n) is 5.55. The number of hydrogen-bond donors (Lipinski definition) is 2. The average molecular weight is 628 g/mol. The molecule has 236 valence electrons. The van der Waals surface area contributed by atoms with Crippen molar-refractivity contribution in [3.63, 3.8) is 0 Å². The zero-order valence-electron chi connectivity index (χ0n) is 26.2. The van der Waals surface area contributed by atoms with Crippen LogP contribution in [0.1, 0.15) is 35.3 Å². The normalized spacial score (nSPS) is 17.6. The van der Waals surface area contributed by atoms with Crippen molar-refractivity contribution >= 4 is 21.6 Å². The van der Waals surface area contributed by atoms with Gasteiger partial charge in [-0.3, -0.25) is 14.4 Å². The summed E-state index contributed by atoms with van der Waals surface area (Å²) in [6, 6.07) is 29.7. The highest BCUT2D eigenvalue weighted by molar-refractivity contribution is 7.92. The fraction of sp³-hybridized carbons (Fsp3) is 0.306. The third kappa shape index (κ3) is 7.73. The van der Waals surface area contributed by atoms with E-state index in [1.54, 1.807) is 48.2 Å². The summed E-state index contributed by atoms with van der Waals surface area (Å²) in [5, 5.41) is 10.00. The summed E-state index contributed by atoms with van der Waals surface area (Å²) in [7, 11) is -1.83. The Kier molecular flexibility index (Phi) is 9.92. The van der Waals surface area contributed by atoms with E-state index in [2.05, 4.69) is 46.0 Å². The number of carbonyl (C=O) groups excluding carboxylic acids is 1. The molecular weight excluding hydrogens is 586 g/mol. The van der Waals surface area contributed by atoms with E-state index in [1.807, 2.05) is 39.1 Å². The van der Waals surface area contributed by atoms with Crippen LogP contribution in [-0.2, 0) is 16.6 Å². The number of anilines is 1. The van der Waals surface area contributed by atoms with E-state index in [1.165, 1.54) is 22.8 Å². The predicted molar refractivity (Wildman–Crippen MR) is 178 cm³/mol. The summed E-state index contributed by atoms with van der Waals surface area (Å²) in [6.07, 6.45) is -0.270. The maximum atomic E-state index is 13.8. The van der Waals surface area contributed by atoms with Gasteiger partial charge in [0.1, 0.15) is 11.9 Å². The summed E-state index contributed by atoms with van der Waals surface area (Å²) in [5.74, 6) is 0.0180. The minimum Gasteiger partial charge on any atom is -0.488 e. The van der Waals surface area contributed by atoms with Crippen LogP contribution in [0.5, 0.6) is 5.75 Å². The Morgan fingerprint density at radius 3 is 2.31 bits per heavy atom. The van der Waals surface area contributed by atoms with Crippen LogP contribution in [0.4, 0.5) is 5.69 Å². The van der Waals surface area contributed by atoms with Gasteiger partial charge in [0, 0.05) is 31.2 Å². The van der Waals surface area contributed by atoms with Gasteiger partial charge in [-0.05, 0) is 67.9 Å². The SMILES string of the molecule is Cc1ccc(S(=O)(=O)Nc2ccc3c(c2)C(=O)N([C@H](C)CO)C[C@@H](C)[C@H](CN(C)Cc2ccc(-c4ccccc4)cc2)O3)cc1. The second-order valence-corrected chi connectivity index (χ2v) is 13.7. The first-order valence-corrected chi connectivity index (χ1v) is 16.7. The van der Waals surface area contributed by atoms with Crippen molar-refractivity contribution in [2.45, 2.75) is 44.4 Å². The van der Waals surface area contributed by atoms with Gasteiger partial charge < -0.3 is 14.7 Å². The van der Waals surface area contributed by atoms with Gasteiger partial charge in [-0.2, -0.15) is 0 Å². The van der Waals surface area contributed by atoms with Gasteiger partial charge in [0.2, 0.25) is 0 Å². The number of carbonyl (C=O) groups is 1. The number of nitrogens with one attached hydrogen (secondary N) is 1. The monoisotopic (exact) mass is 627 g/mol. The second kappa shape index (κ2) is 13.9. The zero-order valence-corrected chi connectivity index (χ0v) is 27.0. The van der Waals surface area contributed by atoms with E-state index in [4.69, 9.17) is 4.74 Å². The Morgan fingerprint density at radius 1 is 0.978 bits per heavy atom. The standard InChI is InChI=1S/C36H41N3O5S/c1-25-10-17-32(18-11-25)45(42,43)37-31-16-19-34-33(20-31)36(41)39(27(3)24-40)21-26(2)35(44-34)23-38(4)22-28-12-14-30(15-13-28)29-8-6-5-7-9-29/h5-20,26-27,35,37,40H,21-24H2,1-4H3/t26-,27-,35+/m1/s1. The van der Waals surface area contributed by atoms with Crippen molar-refractivity contribution in [3.8, 4) is 16.9 Å². The summed E-state index contributed by atoms with van der Waals surface area (Å²) in [4.78, 5) is 17.8. The van der Waals surface area contributed by atoms with Crippen LogP contribution < -0.4 is 9.46 Å². The summed E-state index contributed by atoms with van der Waals surface area (Å²) < 4.78 is 35.3. The van der Waals surface area contributed by atoms with Crippen molar-refractivity contribution in [1.29, 1.82) is 0 Å². The zero-order chi connectivity index (χ0) is 32.1. The lowest BCUT2D eigenvalue weighted by atomic mass is 9.99. The molecule has 0 bridgehead atoms. The number of aryl methyl sites for hydroxylation is 1. The third-order valence-corrected chi connectivity index (χ3v) is 9.65. The summed E-state index contributed by atoms with van der Waals surface area (Å²) >= 11 is 0. The molecule has 0 saturated heterocycles. The van der Waals surface area contributed by atoms with Crippen LogP contribution in [0.15, 0.2) is 102 Å². The maximum absolute atomic E-state index is 13.8. The molecule has 1 heterocycles. The van der Waals surface area contributed by atoms with Gasteiger partial charge in [0.15, 0.2) is 0 Å². The fourth-order valence-corrected chi connectivity index (χ4v) is 6.60. The van der Waals surface area contributed by atoms with Gasteiger partial charge in [-0.25, -0.2) is 8.42 Å². The molecule has 0 aromatic heterocycles. The largest absolute Gasteiger partial charge is 0.488 e. The first kappa shape index (κ1) is 32.2. The van der Waals surface area contributed by atoms with E-state index >= 15 is 0 Å². The van der Waals surface area contributed by atoms with E-state index in [0.29, 0.717) is 25.4 Å². The van der Waals surface area contributed by atoms with Crippen LogP contribution in [0.25, 0.3) is 11.1 Å². The number of hydrogen-bond acceptors (Lipinski definition) is 6. The molecule has 1 amide bonds. The topological polar surface area (TPSA) is 99.2 Å². The molecule has 0 saturated carbocycles. The molecule has 8 nitrogen and oxygen atoms in total. The first-order valence-electron chi connectivity index (χ1n) is 15.2. The van der Waals surface area contributed by atoms with E-state index in [-0.39, 0.29) is 40.7 Å². The number of rotatable bonds is 10. The lowest BCUT2D eigenvalue weighted by molar-refractivity contribution is 0.0341. The second-order valence-electron chi connectivity index (χ2n) is 12.0. The number of benzene rings is 4. The van der Waals surface area contributed by atoms with Crippen LogP contribution in [-0.4, -0.2) is 68.1 Å². The molecule has 0 unspecified atom stereocenters. The molecule has 2 N–H and O–H groups in total. The molecule has 1 aliphatic rings. The van der Waals surface area contributed by atoms with Crippen molar-refractivity contribution < 1.29 is 23.1 Å². The highest BCUT2D eigenvalue weighted by Gasteiger charge is 2.33. The number of sulfonamides is 1. The van der Waals surface area contributed by atoms with Crippen LogP contribution in [0, 0.1) is 12.8 Å². The Balaban J connectivity index is 1.36. The number of ether oxygens (including phenoxy) is 1. The van der Waals surface area contributed by atoms with Crippen LogP contribution >= 0.6 is 0 Å². The Hall–Kier alpha value is -4.18. The van der Waals surface area contributed by atoms with Crippen molar-refractivity contribution in [1.82, 2.24) is 9.80 Å². The molecule has 9 heteroatoms. The number of nitrogens with zero attached hydrogens (tertiary/aromatic N) is 2. The van der Waals surface area contributed by atoms with Crippen molar-refractivity contribution in [3.05, 3.63) is 114 Å². The Bertz CT molecular complexity index is 1710. The van der Waals surface area contributed by atoms with E-state index in [9.17, 15) is 18.3 Å². The van der Waals surface area contributed by atoms with Gasteiger partial charge in [-0.15, -0.1) is 0 Å². The number of amides is 1. The molecule has 0 fully saturated rings. The molecule has 45 heavy (non-hydrogen) atoms. The first-order chi connectivity index (χ1) is 21.5. The molecule has 1 aliphatic heterocycles. The molecule has 4 aromatic rings.